The van der Waals surface area contributed by atoms with Gasteiger partial charge in [-0.05, 0) is 44.2 Å². The van der Waals surface area contributed by atoms with Gasteiger partial charge < -0.3 is 19.0 Å². The van der Waals surface area contributed by atoms with E-state index in [1.807, 2.05) is 24.3 Å². The highest BCUT2D eigenvalue weighted by Gasteiger charge is 2.36. The zero-order valence-electron chi connectivity index (χ0n) is 15.8. The number of anilines is 3. The number of nitrogens with zero attached hydrogens (tertiary/aromatic N) is 2. The van der Waals surface area contributed by atoms with Gasteiger partial charge in [-0.15, -0.1) is 0 Å². The summed E-state index contributed by atoms with van der Waals surface area (Å²) in [5.74, 6) is 0.873. The molecule has 1 aromatic heterocycles. The SMILES string of the molecule is CCN1c2ccc3oc4ccccc4c3c2N(c2ccccc2OC)[C@H]1C. The number of methoxy groups -OCH3 is 1. The Labute approximate surface area is 158 Å². The van der Waals surface area contributed by atoms with Gasteiger partial charge in [0, 0.05) is 11.9 Å². The molecule has 0 saturated heterocycles. The van der Waals surface area contributed by atoms with Crippen LogP contribution in [-0.2, 0) is 0 Å². The number of hydrogen-bond donors (Lipinski definition) is 0. The fourth-order valence-corrected chi connectivity index (χ4v) is 4.38. The minimum absolute atomic E-state index is 0.181. The van der Waals surface area contributed by atoms with E-state index in [1.54, 1.807) is 7.11 Å². The third kappa shape index (κ3) is 2.16. The normalized spacial score (nSPS) is 16.3. The Balaban J connectivity index is 1.88. The second-order valence-electron chi connectivity index (χ2n) is 6.86. The molecule has 2 heterocycles. The van der Waals surface area contributed by atoms with Crippen molar-refractivity contribution in [1.29, 1.82) is 0 Å². The first-order valence-corrected chi connectivity index (χ1v) is 9.37. The summed E-state index contributed by atoms with van der Waals surface area (Å²) in [6.45, 7) is 5.37. The van der Waals surface area contributed by atoms with Gasteiger partial charge in [-0.1, -0.05) is 30.3 Å². The maximum atomic E-state index is 6.15. The fraction of sp³-hybridized carbons (Fsp3) is 0.217. The van der Waals surface area contributed by atoms with E-state index in [0.29, 0.717) is 0 Å². The lowest BCUT2D eigenvalue weighted by Gasteiger charge is -2.30. The number of ether oxygens (including phenoxy) is 1. The molecule has 5 rings (SSSR count). The summed E-state index contributed by atoms with van der Waals surface area (Å²) < 4.78 is 11.8. The van der Waals surface area contributed by atoms with E-state index in [2.05, 4.69) is 60.0 Å². The summed E-state index contributed by atoms with van der Waals surface area (Å²) in [4.78, 5) is 4.80. The zero-order chi connectivity index (χ0) is 18.5. The molecule has 4 heteroatoms. The Hall–Kier alpha value is -3.14. The molecule has 136 valence electrons. The van der Waals surface area contributed by atoms with E-state index in [9.17, 15) is 0 Å². The lowest BCUT2D eigenvalue weighted by molar-refractivity contribution is 0.414. The number of hydrogen-bond acceptors (Lipinski definition) is 4. The van der Waals surface area contributed by atoms with Crippen molar-refractivity contribution in [2.45, 2.75) is 20.0 Å². The average Bonchev–Trinajstić information content (AvgIpc) is 3.21. The molecule has 0 spiro atoms. The first-order chi connectivity index (χ1) is 13.2. The highest BCUT2D eigenvalue weighted by molar-refractivity contribution is 6.16. The van der Waals surface area contributed by atoms with Crippen LogP contribution in [0.4, 0.5) is 17.1 Å². The molecule has 1 aliphatic rings. The van der Waals surface area contributed by atoms with E-state index < -0.39 is 0 Å². The van der Waals surface area contributed by atoms with Gasteiger partial charge in [0.1, 0.15) is 23.1 Å². The predicted octanol–water partition coefficient (Wildman–Crippen LogP) is 5.92. The molecule has 3 aromatic carbocycles. The van der Waals surface area contributed by atoms with E-state index in [-0.39, 0.29) is 6.17 Å². The predicted molar refractivity (Wildman–Crippen MR) is 111 cm³/mol. The summed E-state index contributed by atoms with van der Waals surface area (Å²) >= 11 is 0. The second-order valence-corrected chi connectivity index (χ2v) is 6.86. The molecule has 1 aliphatic heterocycles. The molecule has 0 aliphatic carbocycles. The maximum absolute atomic E-state index is 6.15. The van der Waals surface area contributed by atoms with Gasteiger partial charge in [-0.3, -0.25) is 0 Å². The molecule has 0 radical (unpaired) electrons. The fourth-order valence-electron chi connectivity index (χ4n) is 4.38. The highest BCUT2D eigenvalue weighted by atomic mass is 16.5. The molecule has 0 fully saturated rings. The van der Waals surface area contributed by atoms with Crippen LogP contribution < -0.4 is 14.5 Å². The van der Waals surface area contributed by atoms with Gasteiger partial charge in [0.2, 0.25) is 0 Å². The van der Waals surface area contributed by atoms with Crippen LogP contribution in [0.1, 0.15) is 13.8 Å². The molecule has 1 atom stereocenters. The molecule has 0 unspecified atom stereocenters. The Morgan fingerprint density at radius 2 is 1.70 bits per heavy atom. The summed E-state index contributed by atoms with van der Waals surface area (Å²) in [6.07, 6.45) is 0.181. The summed E-state index contributed by atoms with van der Waals surface area (Å²) in [5.41, 5.74) is 5.33. The Kier molecular flexibility index (Phi) is 3.54. The molecule has 0 saturated carbocycles. The Bertz CT molecular complexity index is 1150. The molecule has 27 heavy (non-hydrogen) atoms. The molecule has 0 amide bonds. The van der Waals surface area contributed by atoms with Crippen LogP contribution in [0.5, 0.6) is 5.75 Å². The Morgan fingerprint density at radius 1 is 0.926 bits per heavy atom. The van der Waals surface area contributed by atoms with Crippen LogP contribution in [0.15, 0.2) is 65.1 Å². The number of para-hydroxylation sites is 3. The summed E-state index contributed by atoms with van der Waals surface area (Å²) in [5, 5.41) is 2.31. The van der Waals surface area contributed by atoms with Gasteiger partial charge in [0.15, 0.2) is 0 Å². The van der Waals surface area contributed by atoms with Crippen LogP contribution in [0.2, 0.25) is 0 Å². The summed E-state index contributed by atoms with van der Waals surface area (Å²) in [6, 6.07) is 20.7. The van der Waals surface area contributed by atoms with Crippen molar-refractivity contribution in [3.63, 3.8) is 0 Å². The van der Waals surface area contributed by atoms with Crippen molar-refractivity contribution < 1.29 is 9.15 Å². The molecule has 0 bridgehead atoms. The van der Waals surface area contributed by atoms with Gasteiger partial charge in [-0.2, -0.15) is 0 Å². The number of fused-ring (bicyclic) bond motifs is 5. The van der Waals surface area contributed by atoms with E-state index in [1.165, 1.54) is 11.4 Å². The number of benzene rings is 3. The minimum Gasteiger partial charge on any atom is -0.495 e. The third-order valence-corrected chi connectivity index (χ3v) is 5.56. The Morgan fingerprint density at radius 3 is 2.52 bits per heavy atom. The number of rotatable bonds is 3. The second kappa shape index (κ2) is 5.95. The van der Waals surface area contributed by atoms with Crippen molar-refractivity contribution in [2.75, 3.05) is 23.5 Å². The molecule has 4 aromatic rings. The first kappa shape index (κ1) is 16.1. The lowest BCUT2D eigenvalue weighted by atomic mass is 10.1. The monoisotopic (exact) mass is 358 g/mol. The smallest absolute Gasteiger partial charge is 0.142 e. The highest BCUT2D eigenvalue weighted by Crippen LogP contribution is 2.52. The van der Waals surface area contributed by atoms with Crippen LogP contribution in [-0.4, -0.2) is 19.8 Å². The van der Waals surface area contributed by atoms with Gasteiger partial charge in [-0.25, -0.2) is 0 Å². The van der Waals surface area contributed by atoms with Gasteiger partial charge in [0.05, 0.1) is 29.6 Å². The topological polar surface area (TPSA) is 28.9 Å². The van der Waals surface area contributed by atoms with Crippen LogP contribution in [0.3, 0.4) is 0 Å². The summed E-state index contributed by atoms with van der Waals surface area (Å²) in [7, 11) is 1.73. The van der Waals surface area contributed by atoms with Crippen LogP contribution in [0, 0.1) is 0 Å². The van der Waals surface area contributed by atoms with Crippen molar-refractivity contribution in [3.8, 4) is 5.75 Å². The number of furan rings is 1. The van der Waals surface area contributed by atoms with Crippen LogP contribution >= 0.6 is 0 Å². The minimum atomic E-state index is 0.181. The molecule has 0 N–H and O–H groups in total. The lowest BCUT2D eigenvalue weighted by Crippen LogP contribution is -2.38. The van der Waals surface area contributed by atoms with Crippen molar-refractivity contribution in [2.24, 2.45) is 0 Å². The maximum Gasteiger partial charge on any atom is 0.142 e. The third-order valence-electron chi connectivity index (χ3n) is 5.56. The average molecular weight is 358 g/mol. The van der Waals surface area contributed by atoms with Crippen molar-refractivity contribution >= 4 is 39.0 Å². The molecule has 4 nitrogen and oxygen atoms in total. The van der Waals surface area contributed by atoms with E-state index in [4.69, 9.17) is 9.15 Å². The van der Waals surface area contributed by atoms with Gasteiger partial charge >= 0.3 is 0 Å². The quantitative estimate of drug-likeness (QED) is 0.455. The molecular formula is C23H22N2O2. The van der Waals surface area contributed by atoms with Crippen molar-refractivity contribution in [1.82, 2.24) is 0 Å². The largest absolute Gasteiger partial charge is 0.495 e. The van der Waals surface area contributed by atoms with Crippen molar-refractivity contribution in [3.05, 3.63) is 60.7 Å². The van der Waals surface area contributed by atoms with E-state index >= 15 is 0 Å². The van der Waals surface area contributed by atoms with Crippen LogP contribution in [0.25, 0.3) is 21.9 Å². The van der Waals surface area contributed by atoms with E-state index in [0.717, 1.165) is 39.9 Å². The van der Waals surface area contributed by atoms with Gasteiger partial charge in [0.25, 0.3) is 0 Å². The molecular weight excluding hydrogens is 336 g/mol. The zero-order valence-corrected chi connectivity index (χ0v) is 15.8. The standard InChI is InChI=1S/C23H22N2O2/c1-4-24-15(2)25(17-10-6-8-12-20(17)26-3)23-18(24)13-14-21-22(23)16-9-5-7-11-19(16)27-21/h5-15H,4H2,1-3H3/t15-/m0/s1. The first-order valence-electron chi connectivity index (χ1n) is 9.37.